The van der Waals surface area contributed by atoms with Crippen LogP contribution in [0.15, 0.2) is 18.2 Å². The van der Waals surface area contributed by atoms with Gasteiger partial charge in [0.05, 0.1) is 13.0 Å². The summed E-state index contributed by atoms with van der Waals surface area (Å²) in [6, 6.07) is 6.08. The second-order valence-electron chi connectivity index (χ2n) is 5.39. The van der Waals surface area contributed by atoms with Gasteiger partial charge < -0.3 is 14.7 Å². The summed E-state index contributed by atoms with van der Waals surface area (Å²) in [4.78, 5) is 13.6. The normalized spacial score (nSPS) is 17.9. The van der Waals surface area contributed by atoms with Crippen molar-refractivity contribution in [1.82, 2.24) is 4.90 Å². The first-order valence-corrected chi connectivity index (χ1v) is 7.26. The average molecular weight is 277 g/mol. The molecule has 1 unspecified atom stereocenters. The number of likely N-dealkylation sites (N-methyl/N-ethyl adjacent to an activating group) is 1. The second-order valence-corrected chi connectivity index (χ2v) is 5.39. The molecule has 0 heterocycles. The molecule has 1 aromatic carbocycles. The third kappa shape index (κ3) is 3.73. The van der Waals surface area contributed by atoms with Crippen molar-refractivity contribution in [1.29, 1.82) is 0 Å². The summed E-state index contributed by atoms with van der Waals surface area (Å²) in [6.45, 7) is 3.01. The molecule has 1 aromatic rings. The third-order valence-electron chi connectivity index (χ3n) is 3.99. The van der Waals surface area contributed by atoms with Gasteiger partial charge in [-0.2, -0.15) is 0 Å². The number of aromatic hydroxyl groups is 1. The van der Waals surface area contributed by atoms with Crippen LogP contribution in [-0.2, 0) is 22.4 Å². The molecule has 0 saturated carbocycles. The van der Waals surface area contributed by atoms with E-state index in [9.17, 15) is 9.90 Å². The first-order chi connectivity index (χ1) is 9.60. The molecule has 0 radical (unpaired) electrons. The minimum Gasteiger partial charge on any atom is -0.508 e. The highest BCUT2D eigenvalue weighted by atomic mass is 16.5. The van der Waals surface area contributed by atoms with E-state index in [1.54, 1.807) is 6.07 Å². The number of fused-ring (bicyclic) bond motifs is 1. The van der Waals surface area contributed by atoms with Gasteiger partial charge in [0.2, 0.25) is 0 Å². The van der Waals surface area contributed by atoms with Gasteiger partial charge in [-0.05, 0) is 56.5 Å². The summed E-state index contributed by atoms with van der Waals surface area (Å²) in [5.74, 6) is 0.221. The van der Waals surface area contributed by atoms with Crippen molar-refractivity contribution < 1.29 is 14.6 Å². The number of hydrogen-bond acceptors (Lipinski definition) is 4. The Hall–Kier alpha value is -1.55. The van der Waals surface area contributed by atoms with Crippen LogP contribution in [0.4, 0.5) is 0 Å². The number of hydrogen-bond donors (Lipinski definition) is 1. The highest BCUT2D eigenvalue weighted by molar-refractivity contribution is 5.69. The van der Waals surface area contributed by atoms with Crippen LogP contribution in [0.2, 0.25) is 0 Å². The van der Waals surface area contributed by atoms with Crippen LogP contribution >= 0.6 is 0 Å². The van der Waals surface area contributed by atoms with Crippen LogP contribution in [0, 0.1) is 0 Å². The molecule has 1 atom stereocenters. The number of phenols is 1. The minimum absolute atomic E-state index is 0.125. The van der Waals surface area contributed by atoms with Gasteiger partial charge in [-0.25, -0.2) is 0 Å². The number of aryl methyl sites for hydroxylation is 1. The Kier molecular flexibility index (Phi) is 5.01. The molecule has 1 N–H and O–H groups in total. The molecule has 4 heteroatoms. The van der Waals surface area contributed by atoms with E-state index in [0.29, 0.717) is 24.8 Å². The topological polar surface area (TPSA) is 49.8 Å². The highest BCUT2D eigenvalue weighted by Gasteiger charge is 2.22. The molecule has 0 spiro atoms. The number of carbonyl (C=O) groups excluding carboxylic acids is 1. The van der Waals surface area contributed by atoms with E-state index >= 15 is 0 Å². The summed E-state index contributed by atoms with van der Waals surface area (Å²) < 4.78 is 4.96. The molecule has 0 bridgehead atoms. The van der Waals surface area contributed by atoms with E-state index in [0.717, 1.165) is 25.8 Å². The fraction of sp³-hybridized carbons (Fsp3) is 0.562. The van der Waals surface area contributed by atoms with Crippen LogP contribution in [0.1, 0.15) is 30.9 Å². The van der Waals surface area contributed by atoms with Crippen LogP contribution in [0.5, 0.6) is 5.75 Å². The number of phenolic OH excluding ortho intramolecular Hbond substituents is 1. The number of ether oxygens (including phenoxy) is 1. The maximum atomic E-state index is 11.4. The lowest BCUT2D eigenvalue weighted by Crippen LogP contribution is -2.37. The molecule has 0 aromatic heterocycles. The van der Waals surface area contributed by atoms with E-state index in [1.807, 2.05) is 19.1 Å². The monoisotopic (exact) mass is 277 g/mol. The summed E-state index contributed by atoms with van der Waals surface area (Å²) in [5.41, 5.74) is 2.56. The molecule has 1 aliphatic carbocycles. The van der Waals surface area contributed by atoms with E-state index in [4.69, 9.17) is 4.74 Å². The molecule has 0 aliphatic heterocycles. The predicted molar refractivity (Wildman–Crippen MR) is 77.8 cm³/mol. The molecule has 0 fully saturated rings. The Morgan fingerprint density at radius 1 is 1.45 bits per heavy atom. The molecular formula is C16H23NO3. The van der Waals surface area contributed by atoms with Gasteiger partial charge in [0.15, 0.2) is 0 Å². The Morgan fingerprint density at radius 3 is 3.00 bits per heavy atom. The number of carbonyl (C=O) groups is 1. The zero-order chi connectivity index (χ0) is 14.5. The minimum atomic E-state index is -0.125. The maximum absolute atomic E-state index is 11.4. The fourth-order valence-corrected chi connectivity index (χ4v) is 2.78. The van der Waals surface area contributed by atoms with Crippen molar-refractivity contribution in [3.8, 4) is 5.75 Å². The number of esters is 1. The molecule has 0 saturated heterocycles. The lowest BCUT2D eigenvalue weighted by molar-refractivity contribution is -0.143. The Labute approximate surface area is 120 Å². The van der Waals surface area contributed by atoms with Gasteiger partial charge in [-0.1, -0.05) is 6.07 Å². The van der Waals surface area contributed by atoms with Gasteiger partial charge in [0.1, 0.15) is 5.75 Å². The molecule has 4 nitrogen and oxygen atoms in total. The van der Waals surface area contributed by atoms with Crippen LogP contribution < -0.4 is 0 Å². The number of rotatable bonds is 5. The van der Waals surface area contributed by atoms with Crippen molar-refractivity contribution >= 4 is 5.97 Å². The van der Waals surface area contributed by atoms with Crippen molar-refractivity contribution in [2.45, 2.75) is 38.6 Å². The SMILES string of the molecule is CCOC(=O)CCN(C)C1CCc2cc(O)ccc2C1. The van der Waals surface area contributed by atoms with Gasteiger partial charge in [0, 0.05) is 12.6 Å². The van der Waals surface area contributed by atoms with Gasteiger partial charge in [0.25, 0.3) is 0 Å². The van der Waals surface area contributed by atoms with Crippen molar-refractivity contribution in [3.63, 3.8) is 0 Å². The zero-order valence-corrected chi connectivity index (χ0v) is 12.3. The first-order valence-electron chi connectivity index (χ1n) is 7.26. The summed E-state index contributed by atoms with van der Waals surface area (Å²) in [5, 5.41) is 9.50. The number of nitrogens with zero attached hydrogens (tertiary/aromatic N) is 1. The van der Waals surface area contributed by atoms with Crippen LogP contribution in [-0.4, -0.2) is 42.2 Å². The quantitative estimate of drug-likeness (QED) is 0.838. The van der Waals surface area contributed by atoms with Crippen molar-refractivity contribution in [2.24, 2.45) is 0 Å². The first kappa shape index (κ1) is 14.9. The molecular weight excluding hydrogens is 254 g/mol. The second kappa shape index (κ2) is 6.75. The van der Waals surface area contributed by atoms with Crippen LogP contribution in [0.3, 0.4) is 0 Å². The maximum Gasteiger partial charge on any atom is 0.307 e. The van der Waals surface area contributed by atoms with Crippen LogP contribution in [0.25, 0.3) is 0 Å². The standard InChI is InChI=1S/C16H23NO3/c1-3-20-16(19)8-9-17(2)14-6-4-13-11-15(18)7-5-12(13)10-14/h5,7,11,14,18H,3-4,6,8-10H2,1-2H3. The number of benzene rings is 1. The highest BCUT2D eigenvalue weighted by Crippen LogP contribution is 2.27. The van der Waals surface area contributed by atoms with Gasteiger partial charge in [-0.3, -0.25) is 4.79 Å². The summed E-state index contributed by atoms with van der Waals surface area (Å²) in [7, 11) is 2.06. The third-order valence-corrected chi connectivity index (χ3v) is 3.99. The lowest BCUT2D eigenvalue weighted by Gasteiger charge is -2.32. The largest absolute Gasteiger partial charge is 0.508 e. The van der Waals surface area contributed by atoms with E-state index < -0.39 is 0 Å². The smallest absolute Gasteiger partial charge is 0.307 e. The molecule has 110 valence electrons. The van der Waals surface area contributed by atoms with Crippen molar-refractivity contribution in [2.75, 3.05) is 20.2 Å². The Bertz CT molecular complexity index is 473. The molecule has 1 aliphatic rings. The van der Waals surface area contributed by atoms with Crippen molar-refractivity contribution in [3.05, 3.63) is 29.3 Å². The van der Waals surface area contributed by atoms with E-state index in [2.05, 4.69) is 11.9 Å². The van der Waals surface area contributed by atoms with E-state index in [1.165, 1.54) is 11.1 Å². The van der Waals surface area contributed by atoms with E-state index in [-0.39, 0.29) is 5.97 Å². The van der Waals surface area contributed by atoms with Gasteiger partial charge in [-0.15, -0.1) is 0 Å². The molecule has 2 rings (SSSR count). The fourth-order valence-electron chi connectivity index (χ4n) is 2.78. The summed E-state index contributed by atoms with van der Waals surface area (Å²) in [6.07, 6.45) is 3.48. The summed E-state index contributed by atoms with van der Waals surface area (Å²) >= 11 is 0. The average Bonchev–Trinajstić information content (AvgIpc) is 2.44. The molecule has 20 heavy (non-hydrogen) atoms. The van der Waals surface area contributed by atoms with Gasteiger partial charge >= 0.3 is 5.97 Å². The Morgan fingerprint density at radius 2 is 2.25 bits per heavy atom. The molecule has 0 amide bonds. The zero-order valence-electron chi connectivity index (χ0n) is 12.3. The predicted octanol–water partition coefficient (Wildman–Crippen LogP) is 2.13. The lowest BCUT2D eigenvalue weighted by atomic mass is 9.87. The Balaban J connectivity index is 1.88.